The molecule has 0 fully saturated rings. The Morgan fingerprint density at radius 1 is 0.846 bits per heavy atom. The van der Waals surface area contributed by atoms with Crippen LogP contribution >= 0.6 is 7.66 Å². The fourth-order valence-corrected chi connectivity index (χ4v) is 3.51. The van der Waals surface area contributed by atoms with E-state index in [1.54, 1.807) is 0 Å². The first-order valence-corrected chi connectivity index (χ1v) is 7.58. The summed E-state index contributed by atoms with van der Waals surface area (Å²) in [6.45, 7) is 0. The molecule has 0 unspecified atom stereocenters. The third kappa shape index (κ3) is 3.10. The molecule has 1 heterocycles. The van der Waals surface area contributed by atoms with Crippen molar-refractivity contribution < 1.29 is 66.8 Å². The van der Waals surface area contributed by atoms with Crippen molar-refractivity contribution in [1.29, 1.82) is 0 Å². The van der Waals surface area contributed by atoms with Crippen molar-refractivity contribution >= 4 is 13.7 Å². The Labute approximate surface area is 136 Å². The Hall–Kier alpha value is -1.63. The molecule has 1 rings (SSSR count). The first-order chi connectivity index (χ1) is 11.4. The zero-order valence-corrected chi connectivity index (χ0v) is 13.1. The Morgan fingerprint density at radius 3 is 1.50 bits per heavy atom. The molecule has 0 saturated carbocycles. The van der Waals surface area contributed by atoms with E-state index < -0.39 is 43.4 Å². The van der Waals surface area contributed by atoms with Crippen LogP contribution in [0.5, 0.6) is 0 Å². The molecule has 0 aromatic heterocycles. The number of carbonyl (C=O) groups excluding carboxylic acids is 1. The summed E-state index contributed by atoms with van der Waals surface area (Å²) in [4.78, 5) is 10.4. The van der Waals surface area contributed by atoms with Crippen molar-refractivity contribution in [2.45, 2.75) is 24.2 Å². The van der Waals surface area contributed by atoms with Crippen molar-refractivity contribution in [3.8, 4) is 0 Å². The predicted molar refractivity (Wildman–Crippen MR) is 60.3 cm³/mol. The van der Waals surface area contributed by atoms with Crippen molar-refractivity contribution in [1.82, 2.24) is 0 Å². The third-order valence-electron chi connectivity index (χ3n) is 2.86. The van der Waals surface area contributed by atoms with Gasteiger partial charge in [-0.15, -0.1) is 0 Å². The standard InChI is InChI=1S/C9H6F10NO5P/c1-22-26(23-2,20-3-21)24-4(5(25-26)7(11,12)13)6(10,8(14,15)16)9(17,18)19/h1-2H3. The van der Waals surface area contributed by atoms with E-state index in [1.165, 1.54) is 0 Å². The zero-order chi connectivity index (χ0) is 20.8. The van der Waals surface area contributed by atoms with E-state index in [-0.39, 0.29) is 0 Å². The number of hydrogen-bond acceptors (Lipinski definition) is 6. The number of rotatable bonds is 4. The van der Waals surface area contributed by atoms with Gasteiger partial charge in [0.05, 0.1) is 0 Å². The number of halogens is 10. The van der Waals surface area contributed by atoms with Gasteiger partial charge in [0.25, 0.3) is 0 Å². The number of hydrogen-bond donors (Lipinski definition) is 0. The van der Waals surface area contributed by atoms with Gasteiger partial charge in [0.15, 0.2) is 0 Å². The summed E-state index contributed by atoms with van der Waals surface area (Å²) in [6, 6.07) is 0. The average molecular weight is 429 g/mol. The second-order valence-corrected chi connectivity index (χ2v) is 7.17. The van der Waals surface area contributed by atoms with Gasteiger partial charge in [0.1, 0.15) is 0 Å². The second-order valence-electron chi connectivity index (χ2n) is 4.32. The normalized spacial score (nSPS) is 21.9. The number of allylic oxidation sites excluding steroid dienone is 2. The molecular formula is C9H6F10NO5P. The Bertz CT molecular complexity index is 643. The van der Waals surface area contributed by atoms with Crippen molar-refractivity contribution in [2.75, 3.05) is 14.2 Å². The van der Waals surface area contributed by atoms with E-state index in [1.807, 2.05) is 0 Å². The van der Waals surface area contributed by atoms with Crippen LogP contribution in [0.25, 0.3) is 0 Å². The number of alkyl halides is 10. The van der Waals surface area contributed by atoms with Gasteiger partial charge in [0, 0.05) is 0 Å². The minimum absolute atomic E-state index is 0.320. The fraction of sp³-hybridized carbons (Fsp3) is 0.667. The third-order valence-corrected chi connectivity index (χ3v) is 5.47. The monoisotopic (exact) mass is 429 g/mol. The van der Waals surface area contributed by atoms with Crippen molar-refractivity contribution in [2.24, 2.45) is 4.76 Å². The van der Waals surface area contributed by atoms with E-state index in [0.717, 1.165) is 0 Å². The molecule has 6 nitrogen and oxygen atoms in total. The minimum atomic E-state index is -6.99. The van der Waals surface area contributed by atoms with Crippen LogP contribution in [-0.4, -0.2) is 44.5 Å². The molecule has 0 atom stereocenters. The molecule has 0 spiro atoms. The van der Waals surface area contributed by atoms with Crippen LogP contribution in [0.4, 0.5) is 43.9 Å². The molecule has 0 bridgehead atoms. The van der Waals surface area contributed by atoms with Gasteiger partial charge in [-0.1, -0.05) is 0 Å². The molecule has 0 N–H and O–H groups in total. The van der Waals surface area contributed by atoms with Crippen LogP contribution in [0.15, 0.2) is 16.3 Å². The molecule has 0 saturated heterocycles. The van der Waals surface area contributed by atoms with Gasteiger partial charge in [-0.05, 0) is 0 Å². The number of isocyanates is 1. The van der Waals surface area contributed by atoms with E-state index in [0.29, 0.717) is 20.3 Å². The van der Waals surface area contributed by atoms with Gasteiger partial charge in [-0.25, -0.2) is 0 Å². The van der Waals surface area contributed by atoms with Crippen LogP contribution < -0.4 is 0 Å². The Kier molecular flexibility index (Phi) is 5.12. The van der Waals surface area contributed by atoms with Crippen LogP contribution in [0.2, 0.25) is 0 Å². The number of nitrogens with zero attached hydrogens (tertiary/aromatic N) is 1. The van der Waals surface area contributed by atoms with Crippen molar-refractivity contribution in [3.63, 3.8) is 0 Å². The Balaban J connectivity index is 3.92. The second kappa shape index (κ2) is 5.94. The first-order valence-electron chi connectivity index (χ1n) is 5.72. The van der Waals surface area contributed by atoms with Crippen LogP contribution in [0.1, 0.15) is 0 Å². The molecule has 1 aliphatic heterocycles. The van der Waals surface area contributed by atoms with Gasteiger partial charge >= 0.3 is 135 Å². The topological polar surface area (TPSA) is 66.4 Å². The Morgan fingerprint density at radius 2 is 1.23 bits per heavy atom. The van der Waals surface area contributed by atoms with Gasteiger partial charge in [-0.3, -0.25) is 0 Å². The molecular weight excluding hydrogens is 423 g/mol. The van der Waals surface area contributed by atoms with Crippen LogP contribution in [0.3, 0.4) is 0 Å². The summed E-state index contributed by atoms with van der Waals surface area (Å²) in [5.74, 6) is -6.65. The van der Waals surface area contributed by atoms with Crippen LogP contribution in [0, 0.1) is 0 Å². The quantitative estimate of drug-likeness (QED) is 0.287. The summed E-state index contributed by atoms with van der Waals surface area (Å²) in [7, 11) is -5.82. The van der Waals surface area contributed by atoms with E-state index >= 15 is 0 Å². The zero-order valence-electron chi connectivity index (χ0n) is 12.2. The predicted octanol–water partition coefficient (Wildman–Crippen LogP) is 4.40. The van der Waals surface area contributed by atoms with Gasteiger partial charge in [-0.2, -0.15) is 0 Å². The van der Waals surface area contributed by atoms with Gasteiger partial charge < -0.3 is 0 Å². The molecule has 0 radical (unpaired) electrons. The molecule has 0 amide bonds. The summed E-state index contributed by atoms with van der Waals surface area (Å²) in [5.41, 5.74) is -6.69. The summed E-state index contributed by atoms with van der Waals surface area (Å²) in [6.07, 6.45) is -19.7. The molecule has 0 aromatic carbocycles. The van der Waals surface area contributed by atoms with E-state index in [4.69, 9.17) is 0 Å². The first kappa shape index (κ1) is 22.4. The fourth-order valence-electron chi connectivity index (χ4n) is 1.64. The summed E-state index contributed by atoms with van der Waals surface area (Å²) < 4.78 is 148. The van der Waals surface area contributed by atoms with Crippen LogP contribution in [-0.2, 0) is 22.9 Å². The molecule has 1 aliphatic rings. The molecule has 17 heteroatoms. The SMILES string of the molecule is COP1(N=C=O)(OC)OC(C(F)(F)F)=C(C(F)(C(F)(F)F)C(F)(F)F)O1. The summed E-state index contributed by atoms with van der Waals surface area (Å²) in [5, 5.41) is 0. The molecule has 0 aliphatic carbocycles. The molecule has 0 aromatic rings. The average Bonchev–Trinajstić information content (AvgIpc) is 2.82. The van der Waals surface area contributed by atoms with E-state index in [2.05, 4.69) is 22.9 Å². The van der Waals surface area contributed by atoms with Gasteiger partial charge in [0.2, 0.25) is 0 Å². The maximum absolute atomic E-state index is 14.1. The molecule has 152 valence electrons. The summed E-state index contributed by atoms with van der Waals surface area (Å²) >= 11 is 0. The maximum atomic E-state index is 14.1. The van der Waals surface area contributed by atoms with Crippen molar-refractivity contribution in [3.05, 3.63) is 11.5 Å². The molecule has 26 heavy (non-hydrogen) atoms. The van der Waals surface area contributed by atoms with E-state index in [9.17, 15) is 48.7 Å².